The second-order valence-corrected chi connectivity index (χ2v) is 6.74. The molecule has 2 heteroatoms. The van der Waals surface area contributed by atoms with E-state index in [1.54, 1.807) is 5.56 Å². The van der Waals surface area contributed by atoms with Crippen LogP contribution in [0.15, 0.2) is 24.3 Å². The predicted octanol–water partition coefficient (Wildman–Crippen LogP) is 4.00. The summed E-state index contributed by atoms with van der Waals surface area (Å²) in [7, 11) is 0. The Balaban J connectivity index is 1.72. The number of aryl methyl sites for hydroxylation is 1. The van der Waals surface area contributed by atoms with Crippen LogP contribution < -0.4 is 10.2 Å². The molecule has 1 saturated carbocycles. The largest absolute Gasteiger partial charge is 0.371 e. The van der Waals surface area contributed by atoms with Crippen LogP contribution in [0.1, 0.15) is 51.0 Å². The highest BCUT2D eigenvalue weighted by Gasteiger charge is 2.26. The minimum atomic E-state index is 0.728. The minimum Gasteiger partial charge on any atom is -0.371 e. The Bertz CT molecular complexity index is 443. The maximum Gasteiger partial charge on any atom is 0.0398 e. The highest BCUT2D eigenvalue weighted by atomic mass is 15.1. The fourth-order valence-electron chi connectivity index (χ4n) is 4.22. The number of benzene rings is 1. The van der Waals surface area contributed by atoms with E-state index in [1.807, 2.05) is 0 Å². The van der Waals surface area contributed by atoms with Gasteiger partial charge in [-0.15, -0.1) is 0 Å². The zero-order valence-corrected chi connectivity index (χ0v) is 13.5. The smallest absolute Gasteiger partial charge is 0.0398 e. The molecule has 1 aromatic carbocycles. The average molecular weight is 286 g/mol. The molecule has 1 aliphatic heterocycles. The number of fused-ring (bicyclic) bond motifs is 1. The zero-order chi connectivity index (χ0) is 14.5. The Kier molecular flexibility index (Phi) is 5.18. The van der Waals surface area contributed by atoms with Crippen LogP contribution in [0.2, 0.25) is 0 Å². The normalized spacial score (nSPS) is 26.2. The molecular weight excluding hydrogens is 256 g/mol. The highest BCUT2D eigenvalue weighted by Crippen LogP contribution is 2.30. The molecule has 1 aliphatic carbocycles. The van der Waals surface area contributed by atoms with Crippen LogP contribution in [0.4, 0.5) is 5.69 Å². The van der Waals surface area contributed by atoms with Crippen LogP contribution in [0.25, 0.3) is 0 Å². The number of para-hydroxylation sites is 1. The SMILES string of the molecule is CCNC1CCCCCC1CN1CCCc2ccccc21. The van der Waals surface area contributed by atoms with E-state index in [1.165, 1.54) is 63.7 Å². The lowest BCUT2D eigenvalue weighted by Crippen LogP contribution is -2.43. The van der Waals surface area contributed by atoms with E-state index < -0.39 is 0 Å². The first-order valence-corrected chi connectivity index (χ1v) is 8.94. The molecule has 2 atom stereocenters. The standard InChI is InChI=1S/C19H30N2/c1-2-20-18-12-5-3-4-10-17(18)15-21-14-8-11-16-9-6-7-13-19(16)21/h6-7,9,13,17-18,20H,2-5,8,10-12,14-15H2,1H3. The Morgan fingerprint density at radius 3 is 2.86 bits per heavy atom. The number of rotatable bonds is 4. The predicted molar refractivity (Wildman–Crippen MR) is 91.0 cm³/mol. The van der Waals surface area contributed by atoms with Crippen molar-refractivity contribution in [3.05, 3.63) is 29.8 Å². The molecule has 1 heterocycles. The maximum absolute atomic E-state index is 3.76. The Hall–Kier alpha value is -1.02. The summed E-state index contributed by atoms with van der Waals surface area (Å²) < 4.78 is 0. The summed E-state index contributed by atoms with van der Waals surface area (Å²) in [6.45, 7) is 5.84. The summed E-state index contributed by atoms with van der Waals surface area (Å²) in [5.74, 6) is 0.818. The van der Waals surface area contributed by atoms with Gasteiger partial charge in [-0.25, -0.2) is 0 Å². The molecule has 21 heavy (non-hydrogen) atoms. The Morgan fingerprint density at radius 1 is 1.10 bits per heavy atom. The first-order valence-electron chi connectivity index (χ1n) is 8.94. The van der Waals surface area contributed by atoms with Gasteiger partial charge in [0.25, 0.3) is 0 Å². The Labute approximate surface area is 129 Å². The van der Waals surface area contributed by atoms with Crippen molar-refractivity contribution < 1.29 is 0 Å². The van der Waals surface area contributed by atoms with E-state index in [9.17, 15) is 0 Å². The first-order chi connectivity index (χ1) is 10.4. The molecule has 1 fully saturated rings. The molecule has 0 spiro atoms. The van der Waals surface area contributed by atoms with E-state index in [-0.39, 0.29) is 0 Å². The number of anilines is 1. The third kappa shape index (κ3) is 3.60. The molecule has 0 amide bonds. The van der Waals surface area contributed by atoms with E-state index >= 15 is 0 Å². The summed E-state index contributed by atoms with van der Waals surface area (Å²) in [6.07, 6.45) is 9.59. The van der Waals surface area contributed by atoms with Crippen molar-refractivity contribution in [2.45, 2.75) is 57.9 Å². The van der Waals surface area contributed by atoms with Crippen molar-refractivity contribution in [1.29, 1.82) is 0 Å². The van der Waals surface area contributed by atoms with Crippen molar-refractivity contribution >= 4 is 5.69 Å². The zero-order valence-electron chi connectivity index (χ0n) is 13.5. The monoisotopic (exact) mass is 286 g/mol. The number of hydrogen-bond donors (Lipinski definition) is 1. The van der Waals surface area contributed by atoms with Gasteiger partial charge in [0.15, 0.2) is 0 Å². The fourth-order valence-corrected chi connectivity index (χ4v) is 4.22. The van der Waals surface area contributed by atoms with Gasteiger partial charge in [-0.2, -0.15) is 0 Å². The molecular formula is C19H30N2. The van der Waals surface area contributed by atoms with Gasteiger partial charge in [-0.3, -0.25) is 0 Å². The van der Waals surface area contributed by atoms with Crippen molar-refractivity contribution in [3.63, 3.8) is 0 Å². The van der Waals surface area contributed by atoms with Crippen molar-refractivity contribution in [2.24, 2.45) is 5.92 Å². The highest BCUT2D eigenvalue weighted by molar-refractivity contribution is 5.55. The van der Waals surface area contributed by atoms with Crippen molar-refractivity contribution in [3.8, 4) is 0 Å². The van der Waals surface area contributed by atoms with Crippen molar-refractivity contribution in [2.75, 3.05) is 24.5 Å². The van der Waals surface area contributed by atoms with Gasteiger partial charge < -0.3 is 10.2 Å². The fraction of sp³-hybridized carbons (Fsp3) is 0.684. The van der Waals surface area contributed by atoms with E-state index in [0.29, 0.717) is 0 Å². The molecule has 2 unspecified atom stereocenters. The van der Waals surface area contributed by atoms with Crippen LogP contribution in [0.5, 0.6) is 0 Å². The second kappa shape index (κ2) is 7.31. The molecule has 1 aromatic rings. The summed E-state index contributed by atoms with van der Waals surface area (Å²) in [5, 5.41) is 3.76. The average Bonchev–Trinajstić information content (AvgIpc) is 2.74. The van der Waals surface area contributed by atoms with Crippen LogP contribution in [-0.4, -0.2) is 25.7 Å². The van der Waals surface area contributed by atoms with Gasteiger partial charge in [-0.05, 0) is 49.8 Å². The van der Waals surface area contributed by atoms with Gasteiger partial charge in [-0.1, -0.05) is 44.4 Å². The molecule has 0 saturated heterocycles. The molecule has 1 N–H and O–H groups in total. The van der Waals surface area contributed by atoms with Crippen molar-refractivity contribution in [1.82, 2.24) is 5.32 Å². The summed E-state index contributed by atoms with van der Waals surface area (Å²) >= 11 is 0. The minimum absolute atomic E-state index is 0.728. The number of hydrogen-bond acceptors (Lipinski definition) is 2. The molecule has 116 valence electrons. The molecule has 2 aliphatic rings. The second-order valence-electron chi connectivity index (χ2n) is 6.74. The van der Waals surface area contributed by atoms with Gasteiger partial charge in [0.2, 0.25) is 0 Å². The van der Waals surface area contributed by atoms with Gasteiger partial charge in [0.05, 0.1) is 0 Å². The topological polar surface area (TPSA) is 15.3 Å². The summed E-state index contributed by atoms with van der Waals surface area (Å²) in [6, 6.07) is 9.76. The van der Waals surface area contributed by atoms with E-state index in [2.05, 4.69) is 41.4 Å². The molecule has 3 rings (SSSR count). The van der Waals surface area contributed by atoms with E-state index in [0.717, 1.165) is 18.5 Å². The van der Waals surface area contributed by atoms with Gasteiger partial charge in [0, 0.05) is 24.8 Å². The maximum atomic E-state index is 3.76. The van der Waals surface area contributed by atoms with Crippen LogP contribution >= 0.6 is 0 Å². The third-order valence-corrected chi connectivity index (χ3v) is 5.29. The Morgan fingerprint density at radius 2 is 1.95 bits per heavy atom. The molecule has 0 bridgehead atoms. The lowest BCUT2D eigenvalue weighted by Gasteiger charge is -2.36. The molecule has 2 nitrogen and oxygen atoms in total. The quantitative estimate of drug-likeness (QED) is 0.842. The van der Waals surface area contributed by atoms with E-state index in [4.69, 9.17) is 0 Å². The summed E-state index contributed by atoms with van der Waals surface area (Å²) in [4.78, 5) is 2.67. The van der Waals surface area contributed by atoms with Crippen LogP contribution in [0, 0.1) is 5.92 Å². The number of nitrogens with zero attached hydrogens (tertiary/aromatic N) is 1. The van der Waals surface area contributed by atoms with Crippen LogP contribution in [0.3, 0.4) is 0 Å². The lowest BCUT2D eigenvalue weighted by atomic mass is 9.92. The summed E-state index contributed by atoms with van der Waals surface area (Å²) in [5.41, 5.74) is 3.06. The lowest BCUT2D eigenvalue weighted by molar-refractivity contribution is 0.338. The first kappa shape index (κ1) is 14.9. The molecule has 0 aromatic heterocycles. The van der Waals surface area contributed by atoms with Crippen LogP contribution in [-0.2, 0) is 6.42 Å². The number of nitrogens with one attached hydrogen (secondary N) is 1. The van der Waals surface area contributed by atoms with Gasteiger partial charge >= 0.3 is 0 Å². The van der Waals surface area contributed by atoms with Gasteiger partial charge in [0.1, 0.15) is 0 Å². The third-order valence-electron chi connectivity index (χ3n) is 5.29. The molecule has 0 radical (unpaired) electrons.